The first-order valence-electron chi connectivity index (χ1n) is 7.04. The Hall–Kier alpha value is -1.61. The maximum Gasteiger partial charge on any atom is 0.0662 e. The molecule has 0 spiro atoms. The number of hydrogen-bond acceptors (Lipinski definition) is 2. The summed E-state index contributed by atoms with van der Waals surface area (Å²) in [5.41, 5.74) is 5.29. The van der Waals surface area contributed by atoms with Gasteiger partial charge >= 0.3 is 0 Å². The molecule has 1 atom stereocenters. The van der Waals surface area contributed by atoms with Gasteiger partial charge in [0.2, 0.25) is 0 Å². The van der Waals surface area contributed by atoms with Gasteiger partial charge in [0.1, 0.15) is 0 Å². The minimum atomic E-state index is 0.643. The summed E-state index contributed by atoms with van der Waals surface area (Å²) in [4.78, 5) is 0. The molecule has 1 aromatic heterocycles. The van der Waals surface area contributed by atoms with Crippen molar-refractivity contribution in [3.63, 3.8) is 0 Å². The quantitative estimate of drug-likeness (QED) is 0.913. The van der Waals surface area contributed by atoms with E-state index in [1.165, 1.54) is 28.9 Å². The number of aromatic nitrogens is 2. The Labute approximate surface area is 114 Å². The summed E-state index contributed by atoms with van der Waals surface area (Å²) in [6.07, 6.45) is 1.23. The third kappa shape index (κ3) is 2.43. The first kappa shape index (κ1) is 12.4. The average Bonchev–Trinajstić information content (AvgIpc) is 3.01. The highest BCUT2D eigenvalue weighted by Gasteiger charge is 2.23. The van der Waals surface area contributed by atoms with Crippen LogP contribution in [0.5, 0.6) is 0 Å². The monoisotopic (exact) mass is 255 g/mol. The van der Waals surface area contributed by atoms with Crippen molar-refractivity contribution in [1.82, 2.24) is 15.1 Å². The second-order valence-electron chi connectivity index (χ2n) is 5.42. The van der Waals surface area contributed by atoms with Crippen LogP contribution in [0.4, 0.5) is 0 Å². The molecule has 1 fully saturated rings. The van der Waals surface area contributed by atoms with E-state index in [9.17, 15) is 0 Å². The molecule has 3 nitrogen and oxygen atoms in total. The summed E-state index contributed by atoms with van der Waals surface area (Å²) in [5.74, 6) is 0.643. The fraction of sp³-hybridized carbons (Fsp3) is 0.438. The van der Waals surface area contributed by atoms with E-state index < -0.39 is 0 Å². The largest absolute Gasteiger partial charge is 0.316 e. The minimum Gasteiger partial charge on any atom is -0.316 e. The maximum absolute atomic E-state index is 4.74. The summed E-state index contributed by atoms with van der Waals surface area (Å²) in [5, 5.41) is 8.19. The van der Waals surface area contributed by atoms with Crippen LogP contribution in [0, 0.1) is 13.8 Å². The smallest absolute Gasteiger partial charge is 0.0662 e. The molecule has 1 aromatic carbocycles. The van der Waals surface area contributed by atoms with Gasteiger partial charge in [-0.2, -0.15) is 5.10 Å². The van der Waals surface area contributed by atoms with Gasteiger partial charge in [-0.15, -0.1) is 0 Å². The van der Waals surface area contributed by atoms with Crippen LogP contribution in [0.1, 0.15) is 34.9 Å². The van der Waals surface area contributed by atoms with Gasteiger partial charge in [0.05, 0.1) is 12.2 Å². The third-order valence-corrected chi connectivity index (χ3v) is 4.08. The first-order chi connectivity index (χ1) is 9.25. The topological polar surface area (TPSA) is 29.9 Å². The molecule has 0 bridgehead atoms. The van der Waals surface area contributed by atoms with Crippen molar-refractivity contribution in [2.45, 2.75) is 32.7 Å². The Morgan fingerprint density at radius 2 is 2.05 bits per heavy atom. The van der Waals surface area contributed by atoms with E-state index in [2.05, 4.69) is 54.2 Å². The molecule has 1 saturated heterocycles. The Bertz CT molecular complexity index is 551. The van der Waals surface area contributed by atoms with Gasteiger partial charge in [0, 0.05) is 23.7 Å². The van der Waals surface area contributed by atoms with Crippen LogP contribution in [0.25, 0.3) is 0 Å². The Balaban J connectivity index is 1.89. The molecule has 0 amide bonds. The molecule has 1 unspecified atom stereocenters. The fourth-order valence-corrected chi connectivity index (χ4v) is 3.11. The molecule has 1 N–H and O–H groups in total. The molecule has 19 heavy (non-hydrogen) atoms. The highest BCUT2D eigenvalue weighted by Crippen LogP contribution is 2.28. The van der Waals surface area contributed by atoms with Gasteiger partial charge in [0.15, 0.2) is 0 Å². The summed E-state index contributed by atoms with van der Waals surface area (Å²) >= 11 is 0. The number of aryl methyl sites for hydroxylation is 1. The zero-order valence-electron chi connectivity index (χ0n) is 11.7. The van der Waals surface area contributed by atoms with Crippen LogP contribution in [0.3, 0.4) is 0 Å². The Morgan fingerprint density at radius 3 is 2.74 bits per heavy atom. The lowest BCUT2D eigenvalue weighted by Gasteiger charge is -2.10. The van der Waals surface area contributed by atoms with Crippen LogP contribution in [0.15, 0.2) is 30.3 Å². The van der Waals surface area contributed by atoms with Crippen LogP contribution < -0.4 is 5.32 Å². The van der Waals surface area contributed by atoms with E-state index in [4.69, 9.17) is 5.10 Å². The highest BCUT2D eigenvalue weighted by molar-refractivity contribution is 5.31. The van der Waals surface area contributed by atoms with Crippen LogP contribution >= 0.6 is 0 Å². The second kappa shape index (κ2) is 5.17. The minimum absolute atomic E-state index is 0.643. The van der Waals surface area contributed by atoms with Crippen molar-refractivity contribution in [2.75, 3.05) is 13.1 Å². The van der Waals surface area contributed by atoms with E-state index >= 15 is 0 Å². The van der Waals surface area contributed by atoms with Crippen molar-refractivity contribution in [3.05, 3.63) is 52.8 Å². The molecule has 0 radical (unpaired) electrons. The summed E-state index contributed by atoms with van der Waals surface area (Å²) in [6, 6.07) is 10.5. The van der Waals surface area contributed by atoms with Crippen molar-refractivity contribution in [2.24, 2.45) is 0 Å². The predicted molar refractivity (Wildman–Crippen MR) is 77.5 cm³/mol. The van der Waals surface area contributed by atoms with E-state index in [-0.39, 0.29) is 0 Å². The maximum atomic E-state index is 4.74. The average molecular weight is 255 g/mol. The number of nitrogens with one attached hydrogen (secondary N) is 1. The standard InChI is InChI=1S/C16H21N3/c1-12-16(15-8-9-17-10-15)13(2)19(18-12)11-14-6-4-3-5-7-14/h3-7,15,17H,8-11H2,1-2H3. The fourth-order valence-electron chi connectivity index (χ4n) is 3.11. The predicted octanol–water partition coefficient (Wildman–Crippen LogP) is 2.63. The molecule has 2 heterocycles. The van der Waals surface area contributed by atoms with Crippen LogP contribution in [-0.2, 0) is 6.54 Å². The number of hydrogen-bond donors (Lipinski definition) is 1. The Morgan fingerprint density at radius 1 is 1.26 bits per heavy atom. The second-order valence-corrected chi connectivity index (χ2v) is 5.42. The molecule has 0 saturated carbocycles. The van der Waals surface area contributed by atoms with Gasteiger partial charge in [-0.3, -0.25) is 4.68 Å². The highest BCUT2D eigenvalue weighted by atomic mass is 15.3. The van der Waals surface area contributed by atoms with Gasteiger partial charge in [0.25, 0.3) is 0 Å². The Kier molecular flexibility index (Phi) is 3.38. The number of rotatable bonds is 3. The number of benzene rings is 1. The molecular formula is C16H21N3. The molecule has 1 aliphatic heterocycles. The molecule has 3 rings (SSSR count). The molecular weight excluding hydrogens is 234 g/mol. The third-order valence-electron chi connectivity index (χ3n) is 4.08. The van der Waals surface area contributed by atoms with E-state index in [1.807, 2.05) is 0 Å². The van der Waals surface area contributed by atoms with E-state index in [0.29, 0.717) is 5.92 Å². The number of nitrogens with zero attached hydrogens (tertiary/aromatic N) is 2. The van der Waals surface area contributed by atoms with Crippen molar-refractivity contribution in [3.8, 4) is 0 Å². The zero-order chi connectivity index (χ0) is 13.2. The van der Waals surface area contributed by atoms with Gasteiger partial charge in [-0.25, -0.2) is 0 Å². The SMILES string of the molecule is Cc1nn(Cc2ccccc2)c(C)c1C1CCNC1. The first-order valence-corrected chi connectivity index (χ1v) is 7.04. The van der Waals surface area contributed by atoms with Gasteiger partial charge in [-0.1, -0.05) is 30.3 Å². The van der Waals surface area contributed by atoms with Crippen molar-refractivity contribution >= 4 is 0 Å². The molecule has 2 aromatic rings. The lowest BCUT2D eigenvalue weighted by molar-refractivity contribution is 0.655. The molecule has 3 heteroatoms. The normalized spacial score (nSPS) is 18.9. The summed E-state index contributed by atoms with van der Waals surface area (Å²) in [7, 11) is 0. The summed E-state index contributed by atoms with van der Waals surface area (Å²) < 4.78 is 2.15. The van der Waals surface area contributed by atoms with E-state index in [1.54, 1.807) is 0 Å². The molecule has 1 aliphatic rings. The van der Waals surface area contributed by atoms with E-state index in [0.717, 1.165) is 19.6 Å². The van der Waals surface area contributed by atoms with Gasteiger partial charge in [-0.05, 0) is 32.4 Å². The lowest BCUT2D eigenvalue weighted by Crippen LogP contribution is -2.09. The van der Waals surface area contributed by atoms with Crippen molar-refractivity contribution < 1.29 is 0 Å². The van der Waals surface area contributed by atoms with Crippen molar-refractivity contribution in [1.29, 1.82) is 0 Å². The van der Waals surface area contributed by atoms with Gasteiger partial charge < -0.3 is 5.32 Å². The van der Waals surface area contributed by atoms with Crippen LogP contribution in [-0.4, -0.2) is 22.9 Å². The lowest BCUT2D eigenvalue weighted by atomic mass is 9.96. The molecule has 100 valence electrons. The molecule has 0 aliphatic carbocycles. The van der Waals surface area contributed by atoms with Crippen LogP contribution in [0.2, 0.25) is 0 Å². The summed E-state index contributed by atoms with van der Waals surface area (Å²) in [6.45, 7) is 7.44. The zero-order valence-corrected chi connectivity index (χ0v) is 11.7.